The van der Waals surface area contributed by atoms with Gasteiger partial charge in [0.15, 0.2) is 0 Å². The third-order valence-electron chi connectivity index (χ3n) is 6.42. The molecular weight excluding hydrogens is 500 g/mol. The van der Waals surface area contributed by atoms with Crippen molar-refractivity contribution >= 4 is 34.5 Å². The van der Waals surface area contributed by atoms with Crippen LogP contribution < -0.4 is 15.5 Å². The van der Waals surface area contributed by atoms with Gasteiger partial charge in [-0.15, -0.1) is 0 Å². The molecule has 1 saturated heterocycles. The second-order valence-corrected chi connectivity index (χ2v) is 9.02. The number of para-hydroxylation sites is 1. The van der Waals surface area contributed by atoms with Crippen LogP contribution in [0.2, 0.25) is 0 Å². The maximum atomic E-state index is 13.5. The smallest absolute Gasteiger partial charge is 0.410 e. The second kappa shape index (κ2) is 11.6. The zero-order valence-electron chi connectivity index (χ0n) is 20.8. The summed E-state index contributed by atoms with van der Waals surface area (Å²) in [6, 6.07) is 23.8. The Morgan fingerprint density at radius 1 is 0.949 bits per heavy atom. The summed E-state index contributed by atoms with van der Waals surface area (Å²) < 4.78 is 11.6. The zero-order chi connectivity index (χ0) is 27.2. The van der Waals surface area contributed by atoms with Crippen LogP contribution in [-0.4, -0.2) is 51.7 Å². The Kier molecular flexibility index (Phi) is 7.65. The highest BCUT2D eigenvalue weighted by Gasteiger charge is 2.42. The number of fused-ring (bicyclic) bond motifs is 1. The summed E-state index contributed by atoms with van der Waals surface area (Å²) >= 11 is 0. The molecule has 10 heteroatoms. The van der Waals surface area contributed by atoms with Crippen LogP contribution in [0.1, 0.15) is 22.3 Å². The van der Waals surface area contributed by atoms with Crippen LogP contribution in [0.3, 0.4) is 0 Å². The third-order valence-corrected chi connectivity index (χ3v) is 6.42. The van der Waals surface area contributed by atoms with Crippen LogP contribution in [-0.2, 0) is 16.1 Å². The normalized spacial score (nSPS) is 16.5. The molecule has 3 N–H and O–H groups in total. The lowest BCUT2D eigenvalue weighted by Crippen LogP contribution is -2.43. The minimum absolute atomic E-state index is 0.0671. The first-order chi connectivity index (χ1) is 19.0. The third kappa shape index (κ3) is 5.97. The number of hydroxylamine groups is 1. The SMILES string of the molecule is O=C(NO)c1ccc(O[C@@H]2C[C@@H](C(=O)Nc3cccc4cccnc34)N(C(=O)OCc3ccccc3)C2)cc1. The van der Waals surface area contributed by atoms with E-state index in [0.29, 0.717) is 17.0 Å². The molecule has 0 bridgehead atoms. The summed E-state index contributed by atoms with van der Waals surface area (Å²) in [5.74, 6) is -0.577. The van der Waals surface area contributed by atoms with Gasteiger partial charge in [-0.05, 0) is 42.0 Å². The van der Waals surface area contributed by atoms with E-state index in [1.807, 2.05) is 54.6 Å². The second-order valence-electron chi connectivity index (χ2n) is 9.02. The van der Waals surface area contributed by atoms with Crippen LogP contribution in [0.4, 0.5) is 10.5 Å². The zero-order valence-corrected chi connectivity index (χ0v) is 20.8. The number of likely N-dealkylation sites (tertiary alicyclic amines) is 1. The summed E-state index contributed by atoms with van der Waals surface area (Å²) in [5.41, 5.74) is 3.84. The molecule has 5 rings (SSSR count). The van der Waals surface area contributed by atoms with Gasteiger partial charge in [0.05, 0.1) is 17.7 Å². The van der Waals surface area contributed by atoms with Gasteiger partial charge >= 0.3 is 6.09 Å². The minimum atomic E-state index is -0.850. The number of ether oxygens (including phenoxy) is 2. The molecule has 39 heavy (non-hydrogen) atoms. The van der Waals surface area contributed by atoms with Gasteiger partial charge in [0.2, 0.25) is 5.91 Å². The van der Waals surface area contributed by atoms with Crippen molar-refractivity contribution in [2.75, 3.05) is 11.9 Å². The first kappa shape index (κ1) is 25.7. The van der Waals surface area contributed by atoms with E-state index in [2.05, 4.69) is 10.3 Å². The molecule has 3 amide bonds. The van der Waals surface area contributed by atoms with E-state index in [4.69, 9.17) is 14.7 Å². The van der Waals surface area contributed by atoms with E-state index < -0.39 is 24.1 Å². The van der Waals surface area contributed by atoms with E-state index >= 15 is 0 Å². The van der Waals surface area contributed by atoms with Crippen molar-refractivity contribution in [2.45, 2.75) is 25.2 Å². The summed E-state index contributed by atoms with van der Waals surface area (Å²) in [4.78, 5) is 44.0. The van der Waals surface area contributed by atoms with Crippen LogP contribution in [0, 0.1) is 0 Å². The number of benzene rings is 3. The van der Waals surface area contributed by atoms with Gasteiger partial charge in [0.1, 0.15) is 24.5 Å². The van der Waals surface area contributed by atoms with E-state index in [1.165, 1.54) is 17.0 Å². The van der Waals surface area contributed by atoms with Crippen LogP contribution in [0.15, 0.2) is 91.1 Å². The topological polar surface area (TPSA) is 130 Å². The Morgan fingerprint density at radius 3 is 2.49 bits per heavy atom. The first-order valence-electron chi connectivity index (χ1n) is 12.3. The number of carbonyl (C=O) groups is 3. The summed E-state index contributed by atoms with van der Waals surface area (Å²) in [5, 5.41) is 12.6. The van der Waals surface area contributed by atoms with Gasteiger partial charge in [-0.3, -0.25) is 24.7 Å². The largest absolute Gasteiger partial charge is 0.488 e. The molecule has 4 aromatic rings. The molecule has 0 unspecified atom stereocenters. The van der Waals surface area contributed by atoms with Crippen molar-refractivity contribution < 1.29 is 29.1 Å². The summed E-state index contributed by atoms with van der Waals surface area (Å²) in [7, 11) is 0. The molecule has 0 radical (unpaired) electrons. The molecule has 0 saturated carbocycles. The van der Waals surface area contributed by atoms with Crippen molar-refractivity contribution in [2.24, 2.45) is 0 Å². The number of anilines is 1. The average Bonchev–Trinajstić information content (AvgIpc) is 3.40. The highest BCUT2D eigenvalue weighted by atomic mass is 16.6. The van der Waals surface area contributed by atoms with Crippen molar-refractivity contribution in [3.8, 4) is 5.75 Å². The number of pyridine rings is 1. The van der Waals surface area contributed by atoms with Gasteiger partial charge in [0, 0.05) is 23.6 Å². The van der Waals surface area contributed by atoms with Gasteiger partial charge in [-0.2, -0.15) is 0 Å². The lowest BCUT2D eigenvalue weighted by atomic mass is 10.1. The molecule has 1 aliphatic rings. The Hall–Kier alpha value is -4.96. The van der Waals surface area contributed by atoms with E-state index in [0.717, 1.165) is 10.9 Å². The predicted octanol–water partition coefficient (Wildman–Crippen LogP) is 4.15. The van der Waals surface area contributed by atoms with Crippen molar-refractivity contribution in [1.82, 2.24) is 15.4 Å². The molecule has 10 nitrogen and oxygen atoms in total. The summed E-state index contributed by atoms with van der Waals surface area (Å²) in [6.07, 6.45) is 0.744. The standard InChI is InChI=1S/C29H26N4O6/c34-27(32-37)21-11-13-22(14-12-21)39-23-16-25(33(17-23)29(36)38-18-19-6-2-1-3-7-19)28(35)31-24-10-4-8-20-9-5-15-30-26(20)24/h1-15,23,25,37H,16-18H2,(H,31,35)(H,32,34)/t23-,25+/m1/s1. The highest BCUT2D eigenvalue weighted by molar-refractivity contribution is 6.03. The van der Waals surface area contributed by atoms with Gasteiger partial charge in [-0.25, -0.2) is 10.3 Å². The molecular formula is C29H26N4O6. The van der Waals surface area contributed by atoms with Crippen molar-refractivity contribution in [1.29, 1.82) is 0 Å². The molecule has 1 aromatic heterocycles. The Balaban J connectivity index is 1.33. The first-order valence-corrected chi connectivity index (χ1v) is 12.3. The number of aromatic nitrogens is 1. The molecule has 0 spiro atoms. The lowest BCUT2D eigenvalue weighted by molar-refractivity contribution is -0.120. The Morgan fingerprint density at radius 2 is 1.72 bits per heavy atom. The highest BCUT2D eigenvalue weighted by Crippen LogP contribution is 2.27. The maximum absolute atomic E-state index is 13.5. The van der Waals surface area contributed by atoms with Crippen LogP contribution >= 0.6 is 0 Å². The lowest BCUT2D eigenvalue weighted by Gasteiger charge is -2.23. The van der Waals surface area contributed by atoms with Gasteiger partial charge in [-0.1, -0.05) is 48.5 Å². The van der Waals surface area contributed by atoms with Crippen molar-refractivity contribution in [3.63, 3.8) is 0 Å². The van der Waals surface area contributed by atoms with Crippen LogP contribution in [0.5, 0.6) is 5.75 Å². The fraction of sp³-hybridized carbons (Fsp3) is 0.172. The molecule has 2 atom stereocenters. The molecule has 1 fully saturated rings. The van der Waals surface area contributed by atoms with Gasteiger partial charge in [0.25, 0.3) is 5.91 Å². The predicted molar refractivity (Wildman–Crippen MR) is 142 cm³/mol. The number of nitrogens with one attached hydrogen (secondary N) is 2. The Labute approximate surface area is 224 Å². The molecule has 198 valence electrons. The number of hydrogen-bond donors (Lipinski definition) is 3. The number of amides is 3. The average molecular weight is 527 g/mol. The quantitative estimate of drug-likeness (QED) is 0.244. The van der Waals surface area contributed by atoms with Crippen molar-refractivity contribution in [3.05, 3.63) is 102 Å². The van der Waals surface area contributed by atoms with E-state index in [9.17, 15) is 14.4 Å². The van der Waals surface area contributed by atoms with Gasteiger partial charge < -0.3 is 14.8 Å². The van der Waals surface area contributed by atoms with Crippen LogP contribution in [0.25, 0.3) is 10.9 Å². The molecule has 3 aromatic carbocycles. The molecule has 2 heterocycles. The molecule has 0 aliphatic carbocycles. The number of hydrogen-bond acceptors (Lipinski definition) is 7. The maximum Gasteiger partial charge on any atom is 0.410 e. The fourth-order valence-corrected chi connectivity index (χ4v) is 4.50. The number of carbonyl (C=O) groups excluding carboxylic acids is 3. The van der Waals surface area contributed by atoms with E-state index in [-0.39, 0.29) is 31.0 Å². The Bertz CT molecular complexity index is 1470. The minimum Gasteiger partial charge on any atom is -0.488 e. The molecule has 1 aliphatic heterocycles. The number of rotatable bonds is 7. The monoisotopic (exact) mass is 526 g/mol. The summed E-state index contributed by atoms with van der Waals surface area (Å²) in [6.45, 7) is 0.191. The van der Waals surface area contributed by atoms with E-state index in [1.54, 1.807) is 29.9 Å². The number of nitrogens with zero attached hydrogens (tertiary/aromatic N) is 2. The fourth-order valence-electron chi connectivity index (χ4n) is 4.50.